The summed E-state index contributed by atoms with van der Waals surface area (Å²) in [4.78, 5) is 24.7. The van der Waals surface area contributed by atoms with Gasteiger partial charge in [0.15, 0.2) is 0 Å². The van der Waals surface area contributed by atoms with Crippen molar-refractivity contribution in [1.29, 1.82) is 0 Å². The number of aliphatic carboxylic acids is 1. The number of benzene rings is 1. The predicted molar refractivity (Wildman–Crippen MR) is 74.7 cm³/mol. The molecule has 0 bridgehead atoms. The number of hydrogen-bond acceptors (Lipinski definition) is 2. The van der Waals surface area contributed by atoms with Crippen molar-refractivity contribution in [3.63, 3.8) is 0 Å². The van der Waals surface area contributed by atoms with Crippen LogP contribution in [0.3, 0.4) is 0 Å². The number of carbonyl (C=O) groups is 2. The second-order valence-corrected chi connectivity index (χ2v) is 5.80. The SMILES string of the molecule is O=C(O)[C@@H]1CCCN(C(=O)Cc2ccc(Br)c(F)c2)C1. The van der Waals surface area contributed by atoms with Crippen LogP contribution in [0.5, 0.6) is 0 Å². The molecular weight excluding hydrogens is 329 g/mol. The summed E-state index contributed by atoms with van der Waals surface area (Å²) in [5.74, 6) is -1.92. The van der Waals surface area contributed by atoms with Gasteiger partial charge in [-0.3, -0.25) is 9.59 Å². The lowest BCUT2D eigenvalue weighted by molar-refractivity contribution is -0.145. The Morgan fingerprint density at radius 1 is 1.45 bits per heavy atom. The van der Waals surface area contributed by atoms with Crippen molar-refractivity contribution >= 4 is 27.8 Å². The average molecular weight is 344 g/mol. The van der Waals surface area contributed by atoms with E-state index >= 15 is 0 Å². The third-order valence-corrected chi connectivity index (χ3v) is 4.11. The van der Waals surface area contributed by atoms with Crippen molar-refractivity contribution in [2.24, 2.45) is 5.92 Å². The number of amides is 1. The fraction of sp³-hybridized carbons (Fsp3) is 0.429. The molecule has 0 aliphatic carbocycles. The van der Waals surface area contributed by atoms with E-state index in [-0.39, 0.29) is 18.9 Å². The Hall–Kier alpha value is -1.43. The Kier molecular flexibility index (Phi) is 4.75. The van der Waals surface area contributed by atoms with Gasteiger partial charge >= 0.3 is 5.97 Å². The Labute approximate surface area is 124 Å². The van der Waals surface area contributed by atoms with Gasteiger partial charge in [-0.15, -0.1) is 0 Å². The molecule has 0 unspecified atom stereocenters. The molecule has 1 saturated heterocycles. The third kappa shape index (κ3) is 3.56. The molecule has 2 rings (SSSR count). The second kappa shape index (κ2) is 6.35. The van der Waals surface area contributed by atoms with Gasteiger partial charge in [0.2, 0.25) is 5.91 Å². The molecule has 0 saturated carbocycles. The van der Waals surface area contributed by atoms with E-state index in [0.29, 0.717) is 29.4 Å². The van der Waals surface area contributed by atoms with Gasteiger partial charge in [0.25, 0.3) is 0 Å². The largest absolute Gasteiger partial charge is 0.481 e. The number of rotatable bonds is 3. The van der Waals surface area contributed by atoms with E-state index in [9.17, 15) is 14.0 Å². The van der Waals surface area contributed by atoms with E-state index in [4.69, 9.17) is 5.11 Å². The molecule has 4 nitrogen and oxygen atoms in total. The minimum atomic E-state index is -0.864. The summed E-state index contributed by atoms with van der Waals surface area (Å²) < 4.78 is 13.7. The maximum Gasteiger partial charge on any atom is 0.308 e. The van der Waals surface area contributed by atoms with Gasteiger partial charge in [-0.05, 0) is 46.5 Å². The van der Waals surface area contributed by atoms with Crippen molar-refractivity contribution in [1.82, 2.24) is 4.90 Å². The number of nitrogens with zero attached hydrogens (tertiary/aromatic N) is 1. The van der Waals surface area contributed by atoms with Gasteiger partial charge in [0.05, 0.1) is 16.8 Å². The van der Waals surface area contributed by atoms with Gasteiger partial charge in [0, 0.05) is 13.1 Å². The topological polar surface area (TPSA) is 57.6 Å². The highest BCUT2D eigenvalue weighted by Gasteiger charge is 2.28. The first-order valence-corrected chi connectivity index (χ1v) is 7.21. The standard InChI is InChI=1S/C14H15BrFNO3/c15-11-4-3-9(6-12(11)16)7-13(18)17-5-1-2-10(8-17)14(19)20/h3-4,6,10H,1-2,5,7-8H2,(H,19,20)/t10-/m1/s1. The van der Waals surface area contributed by atoms with E-state index in [0.717, 1.165) is 0 Å². The molecule has 1 N–H and O–H groups in total. The van der Waals surface area contributed by atoms with E-state index in [2.05, 4.69) is 15.9 Å². The first-order chi connectivity index (χ1) is 9.47. The lowest BCUT2D eigenvalue weighted by Crippen LogP contribution is -2.43. The third-order valence-electron chi connectivity index (χ3n) is 3.46. The quantitative estimate of drug-likeness (QED) is 0.916. The van der Waals surface area contributed by atoms with E-state index in [1.165, 1.54) is 6.07 Å². The molecule has 1 aliphatic rings. The van der Waals surface area contributed by atoms with Crippen LogP contribution in [0, 0.1) is 11.7 Å². The van der Waals surface area contributed by atoms with Crippen molar-refractivity contribution in [3.8, 4) is 0 Å². The van der Waals surface area contributed by atoms with Crippen LogP contribution in [0.1, 0.15) is 18.4 Å². The fourth-order valence-corrected chi connectivity index (χ4v) is 2.59. The van der Waals surface area contributed by atoms with Crippen molar-refractivity contribution in [2.75, 3.05) is 13.1 Å². The molecule has 1 aliphatic heterocycles. The molecular formula is C14H15BrFNO3. The molecule has 0 aromatic heterocycles. The van der Waals surface area contributed by atoms with Crippen molar-refractivity contribution in [3.05, 3.63) is 34.1 Å². The van der Waals surface area contributed by atoms with Gasteiger partial charge < -0.3 is 10.0 Å². The Bertz CT molecular complexity index is 535. The molecule has 108 valence electrons. The highest BCUT2D eigenvalue weighted by molar-refractivity contribution is 9.10. The van der Waals surface area contributed by atoms with Gasteiger partial charge in [-0.2, -0.15) is 0 Å². The summed E-state index contributed by atoms with van der Waals surface area (Å²) in [5.41, 5.74) is 0.591. The zero-order valence-electron chi connectivity index (χ0n) is 10.8. The minimum absolute atomic E-state index is 0.0938. The van der Waals surface area contributed by atoms with Crippen LogP contribution < -0.4 is 0 Å². The highest BCUT2D eigenvalue weighted by atomic mass is 79.9. The number of likely N-dealkylation sites (tertiary alicyclic amines) is 1. The number of carbonyl (C=O) groups excluding carboxylic acids is 1. The zero-order valence-corrected chi connectivity index (χ0v) is 12.4. The number of piperidine rings is 1. The van der Waals surface area contributed by atoms with E-state index < -0.39 is 17.7 Å². The molecule has 20 heavy (non-hydrogen) atoms. The first kappa shape index (κ1) is 15.0. The monoisotopic (exact) mass is 343 g/mol. The summed E-state index contributed by atoms with van der Waals surface area (Å²) in [6.07, 6.45) is 1.39. The molecule has 1 heterocycles. The molecule has 1 aromatic carbocycles. The molecule has 1 atom stereocenters. The lowest BCUT2D eigenvalue weighted by atomic mass is 9.97. The van der Waals surface area contributed by atoms with Crippen LogP contribution in [-0.2, 0) is 16.0 Å². The number of carboxylic acid groups (broad SMARTS) is 1. The average Bonchev–Trinajstić information content (AvgIpc) is 2.43. The molecule has 1 amide bonds. The van der Waals surface area contributed by atoms with Crippen molar-refractivity contribution in [2.45, 2.75) is 19.3 Å². The van der Waals surface area contributed by atoms with Crippen LogP contribution in [0.15, 0.2) is 22.7 Å². The lowest BCUT2D eigenvalue weighted by Gasteiger charge is -2.30. The molecule has 6 heteroatoms. The summed E-state index contributed by atoms with van der Waals surface area (Å²) in [7, 11) is 0. The Morgan fingerprint density at radius 2 is 2.20 bits per heavy atom. The zero-order chi connectivity index (χ0) is 14.7. The van der Waals surface area contributed by atoms with Crippen LogP contribution in [0.4, 0.5) is 4.39 Å². The summed E-state index contributed by atoms with van der Waals surface area (Å²) in [6.45, 7) is 0.814. The van der Waals surface area contributed by atoms with Crippen LogP contribution >= 0.6 is 15.9 Å². The first-order valence-electron chi connectivity index (χ1n) is 6.42. The Morgan fingerprint density at radius 3 is 2.85 bits per heavy atom. The van der Waals surface area contributed by atoms with E-state index in [1.807, 2.05) is 0 Å². The summed E-state index contributed by atoms with van der Waals surface area (Å²) in [5, 5.41) is 9.00. The number of halogens is 2. The maximum absolute atomic E-state index is 13.4. The normalized spacial score (nSPS) is 18.9. The molecule has 0 spiro atoms. The van der Waals surface area contributed by atoms with Gasteiger partial charge in [0.1, 0.15) is 5.82 Å². The second-order valence-electron chi connectivity index (χ2n) is 4.94. The summed E-state index contributed by atoms with van der Waals surface area (Å²) in [6, 6.07) is 4.57. The number of hydrogen-bond donors (Lipinski definition) is 1. The number of carboxylic acids is 1. The smallest absolute Gasteiger partial charge is 0.308 e. The van der Waals surface area contributed by atoms with Crippen LogP contribution in [-0.4, -0.2) is 35.0 Å². The van der Waals surface area contributed by atoms with E-state index in [1.54, 1.807) is 17.0 Å². The van der Waals surface area contributed by atoms with Crippen LogP contribution in [0.2, 0.25) is 0 Å². The molecule has 1 aromatic rings. The highest BCUT2D eigenvalue weighted by Crippen LogP contribution is 2.20. The minimum Gasteiger partial charge on any atom is -0.481 e. The fourth-order valence-electron chi connectivity index (χ4n) is 2.34. The molecule has 0 radical (unpaired) electrons. The Balaban J connectivity index is 2.00. The predicted octanol–water partition coefficient (Wildman–Crippen LogP) is 2.45. The van der Waals surface area contributed by atoms with Gasteiger partial charge in [-0.25, -0.2) is 4.39 Å². The summed E-state index contributed by atoms with van der Waals surface area (Å²) >= 11 is 3.06. The van der Waals surface area contributed by atoms with Gasteiger partial charge in [-0.1, -0.05) is 6.07 Å². The van der Waals surface area contributed by atoms with Crippen molar-refractivity contribution < 1.29 is 19.1 Å². The van der Waals surface area contributed by atoms with Crippen LogP contribution in [0.25, 0.3) is 0 Å². The molecule has 1 fully saturated rings. The maximum atomic E-state index is 13.4.